The molecule has 3 aliphatic heterocycles. The molecule has 40 heavy (non-hydrogen) atoms. The van der Waals surface area contributed by atoms with Crippen LogP contribution >= 0.6 is 0 Å². The zero-order valence-corrected chi connectivity index (χ0v) is 24.7. The van der Waals surface area contributed by atoms with Gasteiger partial charge < -0.3 is 24.2 Å². The van der Waals surface area contributed by atoms with Gasteiger partial charge in [0.15, 0.2) is 5.78 Å². The number of morpholine rings is 2. The van der Waals surface area contributed by atoms with Gasteiger partial charge in [-0.1, -0.05) is 33.1 Å². The number of hydrogen-bond acceptors (Lipinski definition) is 7. The van der Waals surface area contributed by atoms with Gasteiger partial charge in [0.05, 0.1) is 49.1 Å². The molecule has 2 saturated heterocycles. The summed E-state index contributed by atoms with van der Waals surface area (Å²) in [5.74, 6) is 0.217. The van der Waals surface area contributed by atoms with Crippen LogP contribution in [0.2, 0.25) is 0 Å². The molecule has 224 valence electrons. The van der Waals surface area contributed by atoms with Gasteiger partial charge in [0, 0.05) is 38.3 Å². The van der Waals surface area contributed by atoms with Crippen molar-refractivity contribution in [3.63, 3.8) is 0 Å². The molecule has 0 aromatic carbocycles. The van der Waals surface area contributed by atoms with Gasteiger partial charge in [-0.25, -0.2) is 4.39 Å². The fraction of sp³-hybridized carbons (Fsp3) is 0.871. The highest BCUT2D eigenvalue weighted by molar-refractivity contribution is 6.20. The first-order valence-corrected chi connectivity index (χ1v) is 16.1. The molecule has 0 spiro atoms. The quantitative estimate of drug-likeness (QED) is 0.444. The van der Waals surface area contributed by atoms with Crippen molar-refractivity contribution < 1.29 is 23.5 Å². The number of amides is 1. The number of ketones is 1. The molecule has 0 bridgehead atoms. The van der Waals surface area contributed by atoms with Gasteiger partial charge in [0.25, 0.3) is 5.91 Å². The molecule has 6 aliphatic rings. The van der Waals surface area contributed by atoms with Crippen molar-refractivity contribution >= 4 is 11.7 Å². The van der Waals surface area contributed by atoms with Gasteiger partial charge >= 0.3 is 0 Å². The molecule has 9 heteroatoms. The number of carbonyl (C=O) groups is 2. The predicted octanol–water partition coefficient (Wildman–Crippen LogP) is 2.72. The van der Waals surface area contributed by atoms with Gasteiger partial charge in [-0.3, -0.25) is 14.5 Å². The topological polar surface area (TPSA) is 65.6 Å². The summed E-state index contributed by atoms with van der Waals surface area (Å²) in [6.07, 6.45) is 7.56. The van der Waals surface area contributed by atoms with Crippen LogP contribution in [-0.2, 0) is 19.1 Å². The number of hydrogen-bond donors (Lipinski definition) is 0. The van der Waals surface area contributed by atoms with E-state index in [2.05, 4.69) is 28.5 Å². The molecular weight excluding hydrogens is 511 g/mol. The first kappa shape index (κ1) is 28.6. The van der Waals surface area contributed by atoms with Crippen LogP contribution in [0, 0.1) is 17.8 Å². The monoisotopic (exact) mass is 560 g/mol. The third kappa shape index (κ3) is 5.03. The Morgan fingerprint density at radius 2 is 1.80 bits per heavy atom. The summed E-state index contributed by atoms with van der Waals surface area (Å²) in [5.41, 5.74) is 0.251. The molecule has 3 heterocycles. The molecule has 0 radical (unpaired) electrons. The van der Waals surface area contributed by atoms with E-state index in [1.54, 1.807) is 4.90 Å². The summed E-state index contributed by atoms with van der Waals surface area (Å²) in [4.78, 5) is 36.4. The minimum Gasteiger partial charge on any atom is -0.378 e. The number of fused-ring (bicyclic) bond motifs is 4. The van der Waals surface area contributed by atoms with Crippen molar-refractivity contribution in [3.05, 3.63) is 11.8 Å². The Bertz CT molecular complexity index is 969. The van der Waals surface area contributed by atoms with E-state index in [4.69, 9.17) is 9.47 Å². The maximum absolute atomic E-state index is 16.3. The lowest BCUT2D eigenvalue weighted by Crippen LogP contribution is -2.74. The summed E-state index contributed by atoms with van der Waals surface area (Å²) >= 11 is 0. The molecule has 3 aliphatic carbocycles. The molecule has 1 amide bonds. The van der Waals surface area contributed by atoms with E-state index in [-0.39, 0.29) is 41.9 Å². The van der Waals surface area contributed by atoms with Crippen LogP contribution in [0.15, 0.2) is 11.8 Å². The van der Waals surface area contributed by atoms with Crippen molar-refractivity contribution in [1.29, 1.82) is 0 Å². The van der Waals surface area contributed by atoms with Crippen molar-refractivity contribution in [2.24, 2.45) is 17.8 Å². The van der Waals surface area contributed by atoms with Crippen molar-refractivity contribution in [1.82, 2.24) is 19.6 Å². The number of likely N-dealkylation sites (N-methyl/N-ethyl adjacent to an activating group) is 2. The number of ether oxygens (including phenoxy) is 2. The molecule has 8 nitrogen and oxygen atoms in total. The van der Waals surface area contributed by atoms with E-state index in [9.17, 15) is 9.59 Å². The van der Waals surface area contributed by atoms with E-state index < -0.39 is 24.2 Å². The Hall–Kier alpha value is -1.55. The van der Waals surface area contributed by atoms with E-state index in [1.165, 1.54) is 25.7 Å². The lowest BCUT2D eigenvalue weighted by Gasteiger charge is -2.62. The van der Waals surface area contributed by atoms with Gasteiger partial charge in [-0.15, -0.1) is 0 Å². The molecule has 0 aromatic rings. The Balaban J connectivity index is 1.35. The maximum Gasteiger partial charge on any atom is 0.259 e. The highest BCUT2D eigenvalue weighted by Crippen LogP contribution is 2.51. The highest BCUT2D eigenvalue weighted by Gasteiger charge is 2.61. The second-order valence-electron chi connectivity index (χ2n) is 13.0. The molecule has 0 aromatic heterocycles. The standard InChI is InChI=1S/C31H49FN4O4/c1-4-34(5-2)13-12-33(3)28-24(32)18-22-27-30(28)40-25-11-10-20-8-6-7-9-21(20)26(25)36(27)19-23(29(22)37)31(38)35-14-16-39-17-15-35/h19-22,24-28,30H,4-18H2,1-3H3. The number of rotatable bonds is 7. The fourth-order valence-electron chi connectivity index (χ4n) is 8.99. The lowest BCUT2D eigenvalue weighted by atomic mass is 9.63. The Labute approximate surface area is 239 Å². The van der Waals surface area contributed by atoms with Crippen LogP contribution in [-0.4, -0.2) is 127 Å². The van der Waals surface area contributed by atoms with Crippen LogP contribution < -0.4 is 0 Å². The lowest BCUT2D eigenvalue weighted by molar-refractivity contribution is -0.225. The number of carbonyl (C=O) groups excluding carboxylic acids is 2. The first-order chi connectivity index (χ1) is 19.4. The van der Waals surface area contributed by atoms with Gasteiger partial charge in [0.2, 0.25) is 0 Å². The molecule has 6 rings (SSSR count). The SMILES string of the molecule is CCN(CC)CCN(C)C1C(F)CC2C(=O)C(C(=O)N3CCOCC3)=CN3C4C(CCC5CCCCC54)OC1C23. The summed E-state index contributed by atoms with van der Waals surface area (Å²) < 4.78 is 28.7. The third-order valence-electron chi connectivity index (χ3n) is 11.1. The number of Topliss-reactive ketones (excluding diaryl/α,β-unsaturated/α-hetero) is 1. The van der Waals surface area contributed by atoms with Crippen LogP contribution in [0.25, 0.3) is 0 Å². The van der Waals surface area contributed by atoms with Crippen molar-refractivity contribution in [2.75, 3.05) is 59.5 Å². The Morgan fingerprint density at radius 3 is 2.55 bits per heavy atom. The van der Waals surface area contributed by atoms with Crippen LogP contribution in [0.5, 0.6) is 0 Å². The largest absolute Gasteiger partial charge is 0.378 e. The second kappa shape index (κ2) is 12.0. The highest BCUT2D eigenvalue weighted by atomic mass is 19.1. The predicted molar refractivity (Wildman–Crippen MR) is 150 cm³/mol. The number of nitrogens with zero attached hydrogens (tertiary/aromatic N) is 4. The molecule has 0 N–H and O–H groups in total. The van der Waals surface area contributed by atoms with E-state index in [1.807, 2.05) is 13.2 Å². The Kier molecular flexibility index (Phi) is 8.55. The first-order valence-electron chi connectivity index (χ1n) is 16.1. The van der Waals surface area contributed by atoms with Gasteiger partial charge in [0.1, 0.15) is 6.17 Å². The zero-order chi connectivity index (χ0) is 28.0. The van der Waals surface area contributed by atoms with Crippen LogP contribution in [0.1, 0.15) is 58.8 Å². The molecule has 9 unspecified atom stereocenters. The maximum atomic E-state index is 16.3. The van der Waals surface area contributed by atoms with Crippen LogP contribution in [0.3, 0.4) is 0 Å². The van der Waals surface area contributed by atoms with Crippen LogP contribution in [0.4, 0.5) is 4.39 Å². The van der Waals surface area contributed by atoms with E-state index in [0.717, 1.165) is 39.0 Å². The van der Waals surface area contributed by atoms with E-state index >= 15 is 4.39 Å². The zero-order valence-electron chi connectivity index (χ0n) is 24.7. The summed E-state index contributed by atoms with van der Waals surface area (Å²) in [6, 6.07) is -0.466. The summed E-state index contributed by atoms with van der Waals surface area (Å²) in [6.45, 7) is 9.85. The van der Waals surface area contributed by atoms with Gasteiger partial charge in [-0.2, -0.15) is 0 Å². The molecule has 5 fully saturated rings. The number of alkyl halides is 1. The normalized spacial score (nSPS) is 39.5. The smallest absolute Gasteiger partial charge is 0.259 e. The minimum atomic E-state index is -1.18. The third-order valence-corrected chi connectivity index (χ3v) is 11.1. The summed E-state index contributed by atoms with van der Waals surface area (Å²) in [7, 11) is 2.02. The number of halogens is 1. The molecule has 9 atom stereocenters. The second-order valence-corrected chi connectivity index (χ2v) is 13.0. The Morgan fingerprint density at radius 1 is 1.05 bits per heavy atom. The average Bonchev–Trinajstić information content (AvgIpc) is 2.98. The average molecular weight is 561 g/mol. The fourth-order valence-corrected chi connectivity index (χ4v) is 8.99. The van der Waals surface area contributed by atoms with Gasteiger partial charge in [-0.05, 0) is 57.7 Å². The molecular formula is C31H49FN4O4. The molecule has 3 saturated carbocycles. The van der Waals surface area contributed by atoms with E-state index in [0.29, 0.717) is 38.1 Å². The minimum absolute atomic E-state index is 0.00872. The summed E-state index contributed by atoms with van der Waals surface area (Å²) in [5, 5.41) is 0. The van der Waals surface area contributed by atoms with Crippen molar-refractivity contribution in [3.8, 4) is 0 Å². The van der Waals surface area contributed by atoms with Crippen molar-refractivity contribution in [2.45, 2.75) is 95.3 Å².